The molecule has 0 radical (unpaired) electrons. The van der Waals surface area contributed by atoms with Crippen molar-refractivity contribution in [3.05, 3.63) is 48.4 Å². The van der Waals surface area contributed by atoms with Gasteiger partial charge in [0.1, 0.15) is 12.7 Å². The lowest BCUT2D eigenvalue weighted by Gasteiger charge is -2.35. The first-order valence-corrected chi connectivity index (χ1v) is 11.4. The van der Waals surface area contributed by atoms with Gasteiger partial charge in [-0.15, -0.1) is 0 Å². The van der Waals surface area contributed by atoms with E-state index in [9.17, 15) is 23.1 Å². The van der Waals surface area contributed by atoms with Gasteiger partial charge in [0.25, 0.3) is 0 Å². The number of carbonyl (C=O) groups is 1. The van der Waals surface area contributed by atoms with Gasteiger partial charge in [0.2, 0.25) is 0 Å². The number of nitrogens with one attached hydrogen (secondary N) is 1. The van der Waals surface area contributed by atoms with E-state index in [1.165, 1.54) is 35.6 Å². The number of aromatic nitrogens is 4. The summed E-state index contributed by atoms with van der Waals surface area (Å²) in [5, 5.41) is 20.9. The van der Waals surface area contributed by atoms with Crippen LogP contribution in [0, 0.1) is 0 Å². The Morgan fingerprint density at radius 3 is 2.73 bits per heavy atom. The van der Waals surface area contributed by atoms with Gasteiger partial charge in [-0.25, -0.2) is 24.7 Å². The molecule has 194 valence electrons. The van der Waals surface area contributed by atoms with Crippen molar-refractivity contribution >= 4 is 23.2 Å². The molecule has 14 heteroatoms. The summed E-state index contributed by atoms with van der Waals surface area (Å²) in [6, 6.07) is 3.98. The average molecular weight is 517 g/mol. The molecule has 1 saturated heterocycles. The van der Waals surface area contributed by atoms with Gasteiger partial charge >= 0.3 is 18.2 Å². The number of nitrogens with zero attached hydrogens (tertiary/aromatic N) is 6. The highest BCUT2D eigenvalue weighted by atomic mass is 19.4. The number of anilines is 3. The lowest BCUT2D eigenvalue weighted by atomic mass is 10.1. The van der Waals surface area contributed by atoms with E-state index in [0.717, 1.165) is 12.1 Å². The Bertz CT molecular complexity index is 1290. The van der Waals surface area contributed by atoms with E-state index < -0.39 is 30.5 Å². The Labute approximate surface area is 208 Å². The molecule has 0 saturated carbocycles. The molecule has 3 N–H and O–H groups in total. The smallest absolute Gasteiger partial charge is 0.416 e. The maximum absolute atomic E-state index is 13.3. The predicted molar refractivity (Wildman–Crippen MR) is 125 cm³/mol. The zero-order chi connectivity index (χ0) is 26.2. The number of aliphatic hydroxyl groups excluding tert-OH is 2. The summed E-state index contributed by atoms with van der Waals surface area (Å²) in [5.74, 6) is 0.368. The average Bonchev–Trinajstić information content (AvgIpc) is 3.31. The molecule has 1 unspecified atom stereocenters. The fourth-order valence-electron chi connectivity index (χ4n) is 4.21. The molecule has 2 aliphatic rings. The van der Waals surface area contributed by atoms with E-state index in [1.807, 2.05) is 4.90 Å². The summed E-state index contributed by atoms with van der Waals surface area (Å²) >= 11 is 0. The number of rotatable bonds is 6. The molecule has 2 aromatic heterocycles. The minimum Gasteiger partial charge on any atom is -0.461 e. The largest absolute Gasteiger partial charge is 0.461 e. The highest BCUT2D eigenvalue weighted by Gasteiger charge is 2.41. The highest BCUT2D eigenvalue weighted by Crippen LogP contribution is 2.40. The molecule has 2 amide bonds. The van der Waals surface area contributed by atoms with Crippen molar-refractivity contribution in [3.63, 3.8) is 0 Å². The third-order valence-electron chi connectivity index (χ3n) is 6.01. The zero-order valence-electron chi connectivity index (χ0n) is 19.3. The van der Waals surface area contributed by atoms with Crippen LogP contribution < -0.4 is 19.9 Å². The number of amides is 2. The van der Waals surface area contributed by atoms with E-state index in [0.29, 0.717) is 31.0 Å². The van der Waals surface area contributed by atoms with Crippen molar-refractivity contribution in [2.45, 2.75) is 24.7 Å². The maximum Gasteiger partial charge on any atom is 0.416 e. The van der Waals surface area contributed by atoms with Crippen LogP contribution in [0.5, 0.6) is 6.01 Å². The van der Waals surface area contributed by atoms with Crippen LogP contribution in [0.2, 0.25) is 0 Å². The fourth-order valence-corrected chi connectivity index (χ4v) is 4.21. The third kappa shape index (κ3) is 5.11. The van der Waals surface area contributed by atoms with Gasteiger partial charge in [0.15, 0.2) is 11.6 Å². The Balaban J connectivity index is 1.39. The maximum atomic E-state index is 13.3. The Morgan fingerprint density at radius 1 is 1.22 bits per heavy atom. The van der Waals surface area contributed by atoms with Gasteiger partial charge < -0.3 is 25.2 Å². The van der Waals surface area contributed by atoms with Crippen molar-refractivity contribution in [1.82, 2.24) is 19.9 Å². The third-order valence-corrected chi connectivity index (χ3v) is 6.01. The van der Waals surface area contributed by atoms with E-state index in [4.69, 9.17) is 9.84 Å². The number of halogens is 3. The summed E-state index contributed by atoms with van der Waals surface area (Å²) in [4.78, 5) is 33.6. The van der Waals surface area contributed by atoms with Crippen LogP contribution in [0.4, 0.5) is 35.2 Å². The number of hydrogen-bond donors (Lipinski definition) is 3. The standard InChI is InChI=1S/C23H22F3N7O4/c24-23(25,26)14-3-1-2-13(6-14)19-27-9-18-20(31-19)33(16-4-5-32(18)10-16)22(36)30-15-7-28-21(29-8-15)37-12-17(35)11-34/h1-3,6-9,16-17,34-35H,4-5,10-12H2,(H,30,36)/t16?,17-/m1/s1. The second kappa shape index (κ2) is 9.78. The zero-order valence-corrected chi connectivity index (χ0v) is 19.3. The van der Waals surface area contributed by atoms with Gasteiger partial charge in [-0.3, -0.25) is 4.90 Å². The van der Waals surface area contributed by atoms with Crippen LogP contribution >= 0.6 is 0 Å². The first-order valence-electron chi connectivity index (χ1n) is 11.4. The number of carbonyl (C=O) groups excluding carboxylic acids is 1. The van der Waals surface area contributed by atoms with Crippen molar-refractivity contribution < 1.29 is 32.9 Å². The molecule has 37 heavy (non-hydrogen) atoms. The van der Waals surface area contributed by atoms with Crippen LogP contribution in [0.15, 0.2) is 42.9 Å². The van der Waals surface area contributed by atoms with Crippen LogP contribution in [0.25, 0.3) is 11.4 Å². The van der Waals surface area contributed by atoms with Crippen molar-refractivity contribution in [2.75, 3.05) is 41.4 Å². The monoisotopic (exact) mass is 517 g/mol. The van der Waals surface area contributed by atoms with Gasteiger partial charge in [0.05, 0.1) is 48.2 Å². The van der Waals surface area contributed by atoms with Gasteiger partial charge in [-0.05, 0) is 18.6 Å². The van der Waals surface area contributed by atoms with E-state index in [2.05, 4.69) is 25.3 Å². The topological polar surface area (TPSA) is 137 Å². The van der Waals surface area contributed by atoms with Crippen molar-refractivity contribution in [3.8, 4) is 17.4 Å². The van der Waals surface area contributed by atoms with Crippen molar-refractivity contribution in [1.29, 1.82) is 0 Å². The molecular formula is C23H22F3N7O4. The van der Waals surface area contributed by atoms with Gasteiger partial charge in [-0.1, -0.05) is 12.1 Å². The summed E-state index contributed by atoms with van der Waals surface area (Å²) in [6.45, 7) is 0.591. The van der Waals surface area contributed by atoms with Crippen molar-refractivity contribution in [2.24, 2.45) is 0 Å². The molecule has 0 spiro atoms. The summed E-state index contributed by atoms with van der Waals surface area (Å²) < 4.78 is 44.8. The number of fused-ring (bicyclic) bond motifs is 4. The minimum atomic E-state index is -4.51. The summed E-state index contributed by atoms with van der Waals surface area (Å²) in [5.41, 5.74) is 0.250. The Hall–Kier alpha value is -4.04. The molecule has 1 aromatic carbocycles. The second-order valence-electron chi connectivity index (χ2n) is 8.57. The fraction of sp³-hybridized carbons (Fsp3) is 0.348. The Morgan fingerprint density at radius 2 is 2.00 bits per heavy atom. The molecule has 11 nitrogen and oxygen atoms in total. The number of aliphatic hydroxyl groups is 2. The molecule has 1 fully saturated rings. The molecule has 4 heterocycles. The molecule has 2 aliphatic heterocycles. The first kappa shape index (κ1) is 24.6. The molecule has 2 atom stereocenters. The molecule has 0 aliphatic carbocycles. The SMILES string of the molecule is O=C(Nc1cnc(OC[C@H](O)CO)nc1)N1c2nc(-c3cccc(C(F)(F)F)c3)ncc2N2CCC1C2. The predicted octanol–water partition coefficient (Wildman–Crippen LogP) is 2.32. The highest BCUT2D eigenvalue weighted by molar-refractivity contribution is 6.04. The molecule has 3 aromatic rings. The number of urea groups is 1. The molecular weight excluding hydrogens is 495 g/mol. The minimum absolute atomic E-state index is 0.0429. The van der Waals surface area contributed by atoms with Crippen LogP contribution in [0.1, 0.15) is 12.0 Å². The number of hydrogen-bond acceptors (Lipinski definition) is 9. The van der Waals surface area contributed by atoms with E-state index in [-0.39, 0.29) is 35.7 Å². The van der Waals surface area contributed by atoms with Crippen LogP contribution in [-0.2, 0) is 6.18 Å². The van der Waals surface area contributed by atoms with E-state index >= 15 is 0 Å². The number of ether oxygens (including phenoxy) is 1. The lowest BCUT2D eigenvalue weighted by Crippen LogP contribution is -2.48. The summed E-state index contributed by atoms with van der Waals surface area (Å²) in [6.07, 6.45) is -0.732. The quantitative estimate of drug-likeness (QED) is 0.450. The second-order valence-corrected chi connectivity index (χ2v) is 8.57. The van der Waals surface area contributed by atoms with Crippen LogP contribution in [-0.4, -0.2) is 74.6 Å². The van der Waals surface area contributed by atoms with Gasteiger partial charge in [-0.2, -0.15) is 13.2 Å². The molecule has 2 bridgehead atoms. The molecule has 5 rings (SSSR count). The Kier molecular flexibility index (Phi) is 6.52. The number of benzene rings is 1. The summed E-state index contributed by atoms with van der Waals surface area (Å²) in [7, 11) is 0. The normalized spacial score (nSPS) is 17.4. The first-order chi connectivity index (χ1) is 17.7. The van der Waals surface area contributed by atoms with E-state index in [1.54, 1.807) is 0 Å². The van der Waals surface area contributed by atoms with Gasteiger partial charge in [0, 0.05) is 18.7 Å². The number of alkyl halides is 3. The van der Waals surface area contributed by atoms with Crippen LogP contribution in [0.3, 0.4) is 0 Å². The lowest BCUT2D eigenvalue weighted by molar-refractivity contribution is -0.137.